The molecule has 3 amide bonds. The SMILES string of the molecule is O=C(CSc1nnc(-c2c[nH]c3ccccc23)n1C1CC1)N1CCNC1=O. The van der Waals surface area contributed by atoms with Crippen LogP contribution in [0.15, 0.2) is 35.6 Å². The minimum Gasteiger partial charge on any atom is -0.360 e. The lowest BCUT2D eigenvalue weighted by Crippen LogP contribution is -2.35. The van der Waals surface area contributed by atoms with Crippen molar-refractivity contribution in [1.29, 1.82) is 0 Å². The number of H-pyrrole nitrogens is 1. The van der Waals surface area contributed by atoms with Crippen LogP contribution in [0.4, 0.5) is 4.79 Å². The fraction of sp³-hybridized carbons (Fsp3) is 0.333. The van der Waals surface area contributed by atoms with Crippen molar-refractivity contribution in [3.8, 4) is 11.4 Å². The molecule has 0 spiro atoms. The Balaban J connectivity index is 1.43. The molecular weight excluding hydrogens is 364 g/mol. The summed E-state index contributed by atoms with van der Waals surface area (Å²) in [4.78, 5) is 28.5. The monoisotopic (exact) mass is 382 g/mol. The molecule has 27 heavy (non-hydrogen) atoms. The van der Waals surface area contributed by atoms with Gasteiger partial charge in [0.25, 0.3) is 0 Å². The van der Waals surface area contributed by atoms with Crippen molar-refractivity contribution in [3.05, 3.63) is 30.5 Å². The van der Waals surface area contributed by atoms with Gasteiger partial charge in [0, 0.05) is 41.8 Å². The zero-order chi connectivity index (χ0) is 18.4. The number of thioether (sulfide) groups is 1. The minimum atomic E-state index is -0.316. The fourth-order valence-electron chi connectivity index (χ4n) is 3.39. The van der Waals surface area contributed by atoms with E-state index < -0.39 is 0 Å². The number of benzene rings is 1. The summed E-state index contributed by atoms with van der Waals surface area (Å²) in [5.41, 5.74) is 2.07. The van der Waals surface area contributed by atoms with E-state index in [1.165, 1.54) is 16.7 Å². The van der Waals surface area contributed by atoms with Crippen molar-refractivity contribution in [1.82, 2.24) is 30.0 Å². The lowest BCUT2D eigenvalue weighted by atomic mass is 10.1. The second-order valence-electron chi connectivity index (χ2n) is 6.72. The summed E-state index contributed by atoms with van der Waals surface area (Å²) in [5.74, 6) is 0.796. The Kier molecular flexibility index (Phi) is 3.89. The number of aromatic amines is 1. The van der Waals surface area contributed by atoms with E-state index in [1.54, 1.807) is 0 Å². The molecule has 8 nitrogen and oxygen atoms in total. The summed E-state index contributed by atoms with van der Waals surface area (Å²) in [6.07, 6.45) is 4.13. The summed E-state index contributed by atoms with van der Waals surface area (Å²) in [6, 6.07) is 8.16. The van der Waals surface area contributed by atoms with Gasteiger partial charge in [0.15, 0.2) is 11.0 Å². The van der Waals surface area contributed by atoms with E-state index in [2.05, 4.69) is 31.1 Å². The molecule has 3 heterocycles. The lowest BCUT2D eigenvalue weighted by Gasteiger charge is -2.12. The number of rotatable bonds is 5. The Morgan fingerprint density at radius 2 is 2.11 bits per heavy atom. The molecule has 1 saturated heterocycles. The van der Waals surface area contributed by atoms with E-state index in [9.17, 15) is 9.59 Å². The van der Waals surface area contributed by atoms with E-state index in [0.29, 0.717) is 19.1 Å². The highest BCUT2D eigenvalue weighted by atomic mass is 32.2. The van der Waals surface area contributed by atoms with E-state index in [4.69, 9.17) is 0 Å². The van der Waals surface area contributed by atoms with Crippen LogP contribution in [-0.2, 0) is 4.79 Å². The number of amides is 3. The number of imide groups is 1. The number of hydrogen-bond acceptors (Lipinski definition) is 5. The van der Waals surface area contributed by atoms with Crippen molar-refractivity contribution in [2.75, 3.05) is 18.8 Å². The number of carbonyl (C=O) groups excluding carboxylic acids is 2. The molecule has 2 fully saturated rings. The maximum absolute atomic E-state index is 12.3. The average Bonchev–Trinajstić information content (AvgIpc) is 3.09. The third-order valence-electron chi connectivity index (χ3n) is 4.89. The van der Waals surface area contributed by atoms with Crippen LogP contribution in [0.25, 0.3) is 22.3 Å². The molecule has 138 valence electrons. The van der Waals surface area contributed by atoms with Gasteiger partial charge < -0.3 is 10.3 Å². The quantitative estimate of drug-likeness (QED) is 0.661. The van der Waals surface area contributed by atoms with Crippen molar-refractivity contribution in [2.24, 2.45) is 0 Å². The van der Waals surface area contributed by atoms with E-state index in [-0.39, 0.29) is 17.7 Å². The first-order valence-electron chi connectivity index (χ1n) is 8.95. The van der Waals surface area contributed by atoms with Gasteiger partial charge in [-0.15, -0.1) is 10.2 Å². The van der Waals surface area contributed by atoms with Gasteiger partial charge in [-0.2, -0.15) is 0 Å². The molecule has 2 N–H and O–H groups in total. The van der Waals surface area contributed by atoms with Gasteiger partial charge in [-0.05, 0) is 18.9 Å². The Labute approximate surface area is 159 Å². The minimum absolute atomic E-state index is 0.173. The summed E-state index contributed by atoms with van der Waals surface area (Å²) in [5, 5.41) is 13.3. The molecule has 1 aliphatic carbocycles. The van der Waals surface area contributed by atoms with Crippen molar-refractivity contribution >= 4 is 34.6 Å². The summed E-state index contributed by atoms with van der Waals surface area (Å²) in [7, 11) is 0. The van der Waals surface area contributed by atoms with E-state index >= 15 is 0 Å². The van der Waals surface area contributed by atoms with Crippen LogP contribution in [-0.4, -0.2) is 55.4 Å². The largest absolute Gasteiger partial charge is 0.360 e. The smallest absolute Gasteiger partial charge is 0.324 e. The highest BCUT2D eigenvalue weighted by Gasteiger charge is 2.32. The zero-order valence-electron chi connectivity index (χ0n) is 14.5. The molecule has 0 bridgehead atoms. The molecule has 5 rings (SSSR count). The van der Waals surface area contributed by atoms with Crippen LogP contribution in [0.5, 0.6) is 0 Å². The molecule has 0 radical (unpaired) electrons. The van der Waals surface area contributed by atoms with Crippen LogP contribution in [0.1, 0.15) is 18.9 Å². The van der Waals surface area contributed by atoms with Crippen LogP contribution in [0.3, 0.4) is 0 Å². The Morgan fingerprint density at radius 1 is 1.26 bits per heavy atom. The van der Waals surface area contributed by atoms with Crippen LogP contribution in [0, 0.1) is 0 Å². The molecular formula is C18H18N6O2S. The average molecular weight is 382 g/mol. The van der Waals surface area contributed by atoms with Crippen LogP contribution < -0.4 is 5.32 Å². The second kappa shape index (κ2) is 6.41. The highest BCUT2D eigenvalue weighted by Crippen LogP contribution is 2.42. The van der Waals surface area contributed by atoms with Crippen LogP contribution >= 0.6 is 11.8 Å². The number of nitrogens with zero attached hydrogens (tertiary/aromatic N) is 4. The zero-order valence-corrected chi connectivity index (χ0v) is 15.3. The Hall–Kier alpha value is -2.81. The molecule has 1 saturated carbocycles. The van der Waals surface area contributed by atoms with Gasteiger partial charge in [-0.25, -0.2) is 4.79 Å². The normalized spacial score (nSPS) is 16.9. The van der Waals surface area contributed by atoms with Gasteiger partial charge in [-0.1, -0.05) is 30.0 Å². The summed E-state index contributed by atoms with van der Waals surface area (Å²) in [6.45, 7) is 0.937. The number of para-hydroxylation sites is 1. The Morgan fingerprint density at radius 3 is 2.89 bits per heavy atom. The number of nitrogens with one attached hydrogen (secondary N) is 2. The van der Waals surface area contributed by atoms with Gasteiger partial charge in [-0.3, -0.25) is 14.3 Å². The number of hydrogen-bond donors (Lipinski definition) is 2. The molecule has 9 heteroatoms. The molecule has 2 aliphatic rings. The van der Waals surface area contributed by atoms with Crippen molar-refractivity contribution < 1.29 is 9.59 Å². The van der Waals surface area contributed by atoms with Gasteiger partial charge >= 0.3 is 6.03 Å². The number of urea groups is 1. The van der Waals surface area contributed by atoms with Gasteiger partial charge in [0.1, 0.15) is 0 Å². The fourth-order valence-corrected chi connectivity index (χ4v) is 4.27. The first kappa shape index (κ1) is 16.4. The number of aromatic nitrogens is 4. The second-order valence-corrected chi connectivity index (χ2v) is 7.66. The molecule has 1 aliphatic heterocycles. The maximum Gasteiger partial charge on any atom is 0.324 e. The first-order valence-corrected chi connectivity index (χ1v) is 9.93. The maximum atomic E-state index is 12.3. The predicted octanol–water partition coefficient (Wildman–Crippen LogP) is 2.41. The Bertz CT molecular complexity index is 1040. The van der Waals surface area contributed by atoms with Crippen LogP contribution in [0.2, 0.25) is 0 Å². The summed E-state index contributed by atoms with van der Waals surface area (Å²) < 4.78 is 2.14. The molecule has 0 atom stereocenters. The topological polar surface area (TPSA) is 95.9 Å². The van der Waals surface area contributed by atoms with E-state index in [1.807, 2.05) is 24.4 Å². The first-order chi connectivity index (χ1) is 13.2. The third kappa shape index (κ3) is 2.87. The standard InChI is InChI=1S/C18H18N6O2S/c25-15(23-8-7-19-17(23)26)10-27-18-22-21-16(24(18)11-5-6-11)13-9-20-14-4-2-1-3-12(13)14/h1-4,9,11,20H,5-8,10H2,(H,19,26). The molecule has 1 aromatic carbocycles. The van der Waals surface area contributed by atoms with Gasteiger partial charge in [0.05, 0.1) is 5.75 Å². The van der Waals surface area contributed by atoms with Crippen molar-refractivity contribution in [3.63, 3.8) is 0 Å². The number of fused-ring (bicyclic) bond motifs is 1. The highest BCUT2D eigenvalue weighted by molar-refractivity contribution is 7.99. The lowest BCUT2D eigenvalue weighted by molar-refractivity contribution is -0.124. The number of carbonyl (C=O) groups is 2. The summed E-state index contributed by atoms with van der Waals surface area (Å²) >= 11 is 1.34. The molecule has 0 unspecified atom stereocenters. The third-order valence-corrected chi connectivity index (χ3v) is 5.82. The molecule has 3 aromatic rings. The van der Waals surface area contributed by atoms with Gasteiger partial charge in [0.2, 0.25) is 5.91 Å². The van der Waals surface area contributed by atoms with Crippen molar-refractivity contribution in [2.45, 2.75) is 24.0 Å². The van der Waals surface area contributed by atoms with E-state index in [0.717, 1.165) is 40.3 Å². The molecule has 2 aromatic heterocycles. The predicted molar refractivity (Wildman–Crippen MR) is 101 cm³/mol.